The molecule has 1 saturated heterocycles. The van der Waals surface area contributed by atoms with Crippen LogP contribution in [0.5, 0.6) is 0 Å². The minimum absolute atomic E-state index is 0.00186. The average molecular weight is 994 g/mol. The summed E-state index contributed by atoms with van der Waals surface area (Å²) in [5.74, 6) is -5.59. The van der Waals surface area contributed by atoms with Gasteiger partial charge >= 0.3 is 11.6 Å². The molecule has 0 aliphatic carbocycles. The summed E-state index contributed by atoms with van der Waals surface area (Å²) in [6, 6.07) is 18.9. The number of hydrogen-bond acceptors (Lipinski definition) is 13. The lowest BCUT2D eigenvalue weighted by Crippen LogP contribution is -2.60. The molecule has 7 rings (SSSR count). The number of nitro benzene ring substituents is 2. The summed E-state index contributed by atoms with van der Waals surface area (Å²) in [4.78, 5) is 97.1. The van der Waals surface area contributed by atoms with Gasteiger partial charge in [-0.05, 0) is 70.4 Å². The van der Waals surface area contributed by atoms with Gasteiger partial charge in [0, 0.05) is 66.4 Å². The summed E-state index contributed by atoms with van der Waals surface area (Å²) in [6.07, 6.45) is 1.79. The summed E-state index contributed by atoms with van der Waals surface area (Å²) < 4.78 is 59.8. The maximum Gasteiger partial charge on any atom is 0.421 e. The van der Waals surface area contributed by atoms with Crippen LogP contribution in [-0.4, -0.2) is 96.4 Å². The van der Waals surface area contributed by atoms with Crippen LogP contribution < -0.4 is 5.32 Å². The van der Waals surface area contributed by atoms with Crippen LogP contribution in [0.25, 0.3) is 27.3 Å². The van der Waals surface area contributed by atoms with Crippen LogP contribution in [0.4, 0.5) is 11.4 Å². The normalized spacial score (nSPS) is 15.8. The summed E-state index contributed by atoms with van der Waals surface area (Å²) in [5.41, 5.74) is 3.40. The van der Waals surface area contributed by atoms with E-state index in [0.29, 0.717) is 4.90 Å². The first-order valence-corrected chi connectivity index (χ1v) is 24.1. The number of likely N-dealkylation sites (tertiary alicyclic amines) is 1. The summed E-state index contributed by atoms with van der Waals surface area (Å²) in [5, 5.41) is 27.3. The first kappa shape index (κ1) is 49.7. The van der Waals surface area contributed by atoms with Gasteiger partial charge in [-0.3, -0.25) is 49.1 Å². The predicted molar refractivity (Wildman–Crippen MR) is 250 cm³/mol. The highest BCUT2D eigenvalue weighted by Crippen LogP contribution is 2.42. The van der Waals surface area contributed by atoms with Crippen molar-refractivity contribution in [3.05, 3.63) is 146 Å². The number of nitro groups is 2. The molecule has 6 aromatic rings. The molecular weight excluding hydrogens is 951 g/mol. The Morgan fingerprint density at radius 3 is 1.80 bits per heavy atom. The van der Waals surface area contributed by atoms with E-state index in [-0.39, 0.29) is 52.3 Å². The quantitative estimate of drug-likeness (QED) is 0.0363. The average Bonchev–Trinajstić information content (AvgIpc) is 3.88. The van der Waals surface area contributed by atoms with E-state index in [9.17, 15) is 57.0 Å². The second kappa shape index (κ2) is 18.4. The highest BCUT2D eigenvalue weighted by Gasteiger charge is 2.53. The Kier molecular flexibility index (Phi) is 13.0. The number of rotatable bonds is 14. The van der Waals surface area contributed by atoms with Gasteiger partial charge in [-0.25, -0.2) is 24.8 Å². The molecule has 4 aromatic carbocycles. The fourth-order valence-corrected chi connectivity index (χ4v) is 11.6. The molecule has 2 unspecified atom stereocenters. The summed E-state index contributed by atoms with van der Waals surface area (Å²) >= 11 is 0. The lowest BCUT2D eigenvalue weighted by atomic mass is 9.78. The second-order valence-electron chi connectivity index (χ2n) is 17.6. The Morgan fingerprint density at radius 2 is 1.29 bits per heavy atom. The number of carbonyl (C=O) groups is 5. The van der Waals surface area contributed by atoms with Crippen molar-refractivity contribution < 1.29 is 55.4 Å². The van der Waals surface area contributed by atoms with E-state index in [1.807, 2.05) is 0 Å². The number of piperidine rings is 1. The first-order chi connectivity index (χ1) is 32.9. The molecule has 70 heavy (non-hydrogen) atoms. The molecule has 362 valence electrons. The van der Waals surface area contributed by atoms with Gasteiger partial charge in [-0.1, -0.05) is 60.7 Å². The largest absolute Gasteiger partial charge is 0.421 e. The summed E-state index contributed by atoms with van der Waals surface area (Å²) in [6.45, 7) is 5.88. The maximum atomic E-state index is 15.9. The van der Waals surface area contributed by atoms with Crippen molar-refractivity contribution in [3.63, 3.8) is 0 Å². The zero-order valence-corrected chi connectivity index (χ0v) is 39.6. The molecule has 22 nitrogen and oxygen atoms in total. The monoisotopic (exact) mass is 993 g/mol. The number of amides is 4. The number of nitrogens with zero attached hydrogens (tertiary/aromatic N) is 8. The van der Waals surface area contributed by atoms with Crippen LogP contribution in [0.2, 0.25) is 0 Å². The number of hydrogen-bond donors (Lipinski definition) is 1. The number of aromatic nitrogens is 2. The molecule has 0 spiro atoms. The zero-order valence-electron chi connectivity index (χ0n) is 38.0. The standard InChI is InChI=1S/C46H43N9O13S2/c1-28(56)39(49-47)42(58)50-24-14-23-46(5,43(50)59)44(60)51(25-29-26-52(33-17-8-6-15-30(29)33)69(65,66)37-21-12-10-19-35(37)54(61)62)40(41(57)48-45(2,3)4)32-27-53(34-18-9-7-16-31(32)34)70(67,68)38-22-13-11-20-36(38)55(63)64/h6-13,15-22,26-27,40H,14,23-25H2,1-5H3,(H,48,57). The van der Waals surface area contributed by atoms with Crippen LogP contribution in [0, 0.1) is 25.6 Å². The van der Waals surface area contributed by atoms with Crippen LogP contribution >= 0.6 is 0 Å². The maximum absolute atomic E-state index is 15.9. The SMILES string of the molecule is CC(=O)C(=[N+]=[N-])C(=O)N1CCCC(C)(C(=O)N(Cc2cn(S(=O)(=O)c3ccccc3[N+](=O)[O-])c3ccccc23)C(C(=O)NC(C)(C)C)c2cn(S(=O)(=O)c3ccccc3[N+](=O)[O-])c3ccccc23)C1=O. The molecule has 4 amide bonds. The molecule has 1 N–H and O–H groups in total. The molecule has 1 aliphatic rings. The minimum atomic E-state index is -4.91. The number of fused-ring (bicyclic) bond motifs is 2. The molecule has 24 heteroatoms. The lowest BCUT2D eigenvalue weighted by Gasteiger charge is -2.42. The predicted octanol–water partition coefficient (Wildman–Crippen LogP) is 5.29. The summed E-state index contributed by atoms with van der Waals surface area (Å²) in [7, 11) is -9.74. The molecule has 0 bridgehead atoms. The number of benzene rings is 4. The molecule has 1 aliphatic heterocycles. The van der Waals surface area contributed by atoms with Crippen molar-refractivity contribution in [1.29, 1.82) is 0 Å². The van der Waals surface area contributed by atoms with E-state index >= 15 is 9.59 Å². The van der Waals surface area contributed by atoms with Crippen molar-refractivity contribution in [2.75, 3.05) is 6.54 Å². The highest BCUT2D eigenvalue weighted by molar-refractivity contribution is 7.90. The van der Waals surface area contributed by atoms with Crippen molar-refractivity contribution in [1.82, 2.24) is 23.1 Å². The molecule has 3 heterocycles. The topological polar surface area (TPSA) is 305 Å². The van der Waals surface area contributed by atoms with Gasteiger partial charge in [0.1, 0.15) is 11.5 Å². The third kappa shape index (κ3) is 8.74. The molecular formula is C46H43N9O13S2. The fourth-order valence-electron chi connectivity index (χ4n) is 8.55. The number of Topliss-reactive ketones (excluding diaryl/α,β-unsaturated/α-hetero) is 1. The number of ketones is 1. The zero-order chi connectivity index (χ0) is 51.2. The van der Waals surface area contributed by atoms with Crippen molar-refractivity contribution >= 4 is 88.4 Å². The Bertz CT molecular complexity index is 3520. The van der Waals surface area contributed by atoms with E-state index in [1.54, 1.807) is 20.8 Å². The van der Waals surface area contributed by atoms with Crippen LogP contribution in [0.1, 0.15) is 64.6 Å². The molecule has 0 saturated carbocycles. The number of para-hydroxylation sites is 4. The smallest absolute Gasteiger partial charge is 0.360 e. The highest BCUT2D eigenvalue weighted by atomic mass is 32.2. The Labute approximate surface area is 399 Å². The second-order valence-corrected chi connectivity index (χ2v) is 21.2. The van der Waals surface area contributed by atoms with E-state index < -0.39 is 110 Å². The molecule has 2 atom stereocenters. The van der Waals surface area contributed by atoms with E-state index in [2.05, 4.69) is 10.1 Å². The minimum Gasteiger partial charge on any atom is -0.360 e. The van der Waals surface area contributed by atoms with Gasteiger partial charge in [-0.2, -0.15) is 4.79 Å². The number of nitrogens with one attached hydrogen (secondary N) is 1. The van der Waals surface area contributed by atoms with Crippen LogP contribution in [-0.2, 0) is 50.6 Å². The Morgan fingerprint density at radius 1 is 0.800 bits per heavy atom. The van der Waals surface area contributed by atoms with Crippen molar-refractivity contribution in [3.8, 4) is 0 Å². The van der Waals surface area contributed by atoms with E-state index in [0.717, 1.165) is 56.4 Å². The van der Waals surface area contributed by atoms with Gasteiger partial charge < -0.3 is 15.7 Å². The third-order valence-corrected chi connectivity index (χ3v) is 15.2. The number of imide groups is 1. The van der Waals surface area contributed by atoms with Crippen molar-refractivity contribution in [2.24, 2.45) is 5.41 Å². The number of carbonyl (C=O) groups excluding carboxylic acids is 5. The first-order valence-electron chi connectivity index (χ1n) is 21.3. The lowest BCUT2D eigenvalue weighted by molar-refractivity contribution is -0.388. The van der Waals surface area contributed by atoms with Gasteiger partial charge in [0.05, 0.1) is 20.9 Å². The Hall–Kier alpha value is -8.21. The molecule has 2 aromatic heterocycles. The third-order valence-electron chi connectivity index (χ3n) is 11.8. The van der Waals surface area contributed by atoms with Crippen LogP contribution in [0.15, 0.2) is 119 Å². The van der Waals surface area contributed by atoms with Gasteiger partial charge in [-0.15, -0.1) is 0 Å². The Balaban J connectivity index is 1.52. The van der Waals surface area contributed by atoms with Gasteiger partial charge in [0.2, 0.25) is 23.5 Å². The molecule has 1 fully saturated rings. The van der Waals surface area contributed by atoms with Gasteiger partial charge in [0.15, 0.2) is 9.79 Å². The van der Waals surface area contributed by atoms with Crippen molar-refractivity contribution in [2.45, 2.75) is 75.4 Å². The fraction of sp³-hybridized carbons (Fsp3) is 0.261. The van der Waals surface area contributed by atoms with E-state index in [1.165, 1.54) is 79.7 Å². The van der Waals surface area contributed by atoms with Gasteiger partial charge in [0.25, 0.3) is 31.4 Å². The van der Waals surface area contributed by atoms with E-state index in [4.69, 9.17) is 0 Å². The van der Waals surface area contributed by atoms with Crippen LogP contribution in [0.3, 0.4) is 0 Å². The molecule has 0 radical (unpaired) electrons.